The van der Waals surface area contributed by atoms with Gasteiger partial charge < -0.3 is 14.5 Å². The van der Waals surface area contributed by atoms with Gasteiger partial charge in [-0.1, -0.05) is 23.7 Å². The molecule has 0 bridgehead atoms. The van der Waals surface area contributed by atoms with Gasteiger partial charge in [0.25, 0.3) is 11.8 Å². The van der Waals surface area contributed by atoms with Gasteiger partial charge in [-0.3, -0.25) is 9.59 Å². The molecule has 2 saturated heterocycles. The molecule has 2 aliphatic rings. The molecule has 0 unspecified atom stereocenters. The highest BCUT2D eigenvalue weighted by Gasteiger charge is 2.26. The summed E-state index contributed by atoms with van der Waals surface area (Å²) in [7, 11) is 0. The first-order valence-corrected chi connectivity index (χ1v) is 13.0. The molecular weight excluding hydrogens is 471 g/mol. The van der Waals surface area contributed by atoms with Crippen LogP contribution < -0.4 is 4.74 Å². The molecule has 0 aliphatic carbocycles. The summed E-state index contributed by atoms with van der Waals surface area (Å²) in [6.07, 6.45) is 1.26. The highest BCUT2D eigenvalue weighted by Crippen LogP contribution is 2.43. The van der Waals surface area contributed by atoms with Gasteiger partial charge in [0.05, 0.1) is 15.2 Å². The zero-order valence-electron chi connectivity index (χ0n) is 17.5. The molecule has 2 fully saturated rings. The second kappa shape index (κ2) is 10.8. The van der Waals surface area contributed by atoms with E-state index < -0.39 is 5.82 Å². The molecule has 0 aromatic heterocycles. The monoisotopic (exact) mass is 494 g/mol. The van der Waals surface area contributed by atoms with E-state index in [1.165, 1.54) is 35.6 Å². The summed E-state index contributed by atoms with van der Waals surface area (Å²) in [5.41, 5.74) is 1.55. The van der Waals surface area contributed by atoms with Gasteiger partial charge >= 0.3 is 0 Å². The SMILES string of the molecule is O=C(COc1ccc(C2SCCCS2)cc1)N1CCN(C(=O)c2ccc(F)cc2Cl)CC1. The van der Waals surface area contributed by atoms with Gasteiger partial charge in [-0.2, -0.15) is 0 Å². The molecule has 2 aliphatic heterocycles. The highest BCUT2D eigenvalue weighted by molar-refractivity contribution is 8.16. The average molecular weight is 495 g/mol. The Bertz CT molecular complexity index is 962. The zero-order chi connectivity index (χ0) is 22.5. The third-order valence-corrected chi connectivity index (χ3v) is 8.75. The number of carbonyl (C=O) groups is 2. The summed E-state index contributed by atoms with van der Waals surface area (Å²) in [6.45, 7) is 1.58. The summed E-state index contributed by atoms with van der Waals surface area (Å²) < 4.78 is 19.4. The lowest BCUT2D eigenvalue weighted by molar-refractivity contribution is -0.134. The summed E-state index contributed by atoms with van der Waals surface area (Å²) in [4.78, 5) is 28.5. The van der Waals surface area contributed by atoms with E-state index in [1.807, 2.05) is 35.7 Å². The Morgan fingerprint density at radius 3 is 2.31 bits per heavy atom. The van der Waals surface area contributed by atoms with Gasteiger partial charge in [0.2, 0.25) is 0 Å². The van der Waals surface area contributed by atoms with Crippen molar-refractivity contribution in [3.05, 3.63) is 64.4 Å². The number of benzene rings is 2. The molecule has 2 aromatic rings. The normalized spacial score (nSPS) is 17.3. The van der Waals surface area contributed by atoms with Crippen LogP contribution in [-0.2, 0) is 4.79 Å². The van der Waals surface area contributed by atoms with Crippen molar-refractivity contribution < 1.29 is 18.7 Å². The van der Waals surface area contributed by atoms with Gasteiger partial charge in [0, 0.05) is 26.2 Å². The van der Waals surface area contributed by atoms with Crippen molar-refractivity contribution in [2.24, 2.45) is 0 Å². The van der Waals surface area contributed by atoms with E-state index >= 15 is 0 Å². The number of hydrogen-bond acceptors (Lipinski definition) is 5. The molecule has 0 atom stereocenters. The van der Waals surface area contributed by atoms with E-state index in [0.29, 0.717) is 36.5 Å². The van der Waals surface area contributed by atoms with Crippen LogP contribution in [0.5, 0.6) is 5.75 Å². The van der Waals surface area contributed by atoms with Crippen molar-refractivity contribution in [1.29, 1.82) is 0 Å². The van der Waals surface area contributed by atoms with E-state index in [4.69, 9.17) is 16.3 Å². The Labute approximate surface area is 200 Å². The number of carbonyl (C=O) groups excluding carboxylic acids is 2. The Balaban J connectivity index is 1.24. The Kier molecular flexibility index (Phi) is 7.86. The molecule has 0 N–H and O–H groups in total. The van der Waals surface area contributed by atoms with Crippen LogP contribution in [0.25, 0.3) is 0 Å². The quantitative estimate of drug-likeness (QED) is 0.602. The molecule has 2 heterocycles. The Hall–Kier alpha value is -1.90. The standard InChI is InChI=1S/C23H24ClFN2O3S2/c24-20-14-17(25)4-7-19(20)22(29)27-10-8-26(9-11-27)21(28)15-30-18-5-2-16(3-6-18)23-31-12-1-13-32-23/h2-7,14,23H,1,8-13,15H2. The third-order valence-electron chi connectivity index (χ3n) is 5.42. The molecule has 0 radical (unpaired) electrons. The molecule has 9 heteroatoms. The maximum Gasteiger partial charge on any atom is 0.260 e. The van der Waals surface area contributed by atoms with Gasteiger partial charge in [-0.25, -0.2) is 4.39 Å². The third kappa shape index (κ3) is 5.71. The molecule has 4 rings (SSSR count). The van der Waals surface area contributed by atoms with Crippen molar-refractivity contribution >= 4 is 46.9 Å². The number of rotatable bonds is 5. The van der Waals surface area contributed by atoms with Crippen LogP contribution in [0.1, 0.15) is 26.9 Å². The molecule has 170 valence electrons. The molecule has 2 aromatic carbocycles. The summed E-state index contributed by atoms with van der Waals surface area (Å²) in [5, 5.41) is 0.0913. The molecule has 0 spiro atoms. The first-order chi connectivity index (χ1) is 15.5. The number of hydrogen-bond donors (Lipinski definition) is 0. The number of amides is 2. The van der Waals surface area contributed by atoms with Crippen LogP contribution in [0, 0.1) is 5.82 Å². The van der Waals surface area contributed by atoms with E-state index in [0.717, 1.165) is 6.07 Å². The highest BCUT2D eigenvalue weighted by atomic mass is 35.5. The van der Waals surface area contributed by atoms with Gasteiger partial charge in [-0.05, 0) is 53.8 Å². The average Bonchev–Trinajstić information content (AvgIpc) is 2.83. The van der Waals surface area contributed by atoms with Crippen molar-refractivity contribution in [3.63, 3.8) is 0 Å². The first-order valence-electron chi connectivity index (χ1n) is 10.5. The van der Waals surface area contributed by atoms with Gasteiger partial charge in [-0.15, -0.1) is 23.5 Å². The fraction of sp³-hybridized carbons (Fsp3) is 0.391. The molecule has 5 nitrogen and oxygen atoms in total. The number of thioether (sulfide) groups is 2. The van der Waals surface area contributed by atoms with Crippen molar-refractivity contribution in [3.8, 4) is 5.75 Å². The van der Waals surface area contributed by atoms with Crippen molar-refractivity contribution in [2.75, 3.05) is 44.3 Å². The number of nitrogens with zero attached hydrogens (tertiary/aromatic N) is 2. The second-order valence-electron chi connectivity index (χ2n) is 7.58. The van der Waals surface area contributed by atoms with Crippen LogP contribution in [0.15, 0.2) is 42.5 Å². The maximum atomic E-state index is 13.2. The minimum Gasteiger partial charge on any atom is -0.484 e. The number of ether oxygens (including phenoxy) is 1. The summed E-state index contributed by atoms with van der Waals surface area (Å²) in [5.74, 6) is 2.21. The number of piperazine rings is 1. The predicted octanol–water partition coefficient (Wildman–Crippen LogP) is 4.71. The molecule has 2 amide bonds. The lowest BCUT2D eigenvalue weighted by atomic mass is 10.1. The minimum atomic E-state index is -0.483. The predicted molar refractivity (Wildman–Crippen MR) is 128 cm³/mol. The van der Waals surface area contributed by atoms with Crippen LogP contribution in [-0.4, -0.2) is 65.9 Å². The fourth-order valence-corrected chi connectivity index (χ4v) is 6.77. The van der Waals surface area contributed by atoms with Crippen molar-refractivity contribution in [2.45, 2.75) is 11.0 Å². The first kappa shape index (κ1) is 23.3. The second-order valence-corrected chi connectivity index (χ2v) is 10.7. The van der Waals surface area contributed by atoms with Gasteiger partial charge in [0.15, 0.2) is 6.61 Å². The van der Waals surface area contributed by atoms with E-state index in [2.05, 4.69) is 12.1 Å². The van der Waals surface area contributed by atoms with Crippen LogP contribution >= 0.6 is 35.1 Å². The topological polar surface area (TPSA) is 49.9 Å². The molecular formula is C23H24ClFN2O3S2. The largest absolute Gasteiger partial charge is 0.484 e. The zero-order valence-corrected chi connectivity index (χ0v) is 19.9. The lowest BCUT2D eigenvalue weighted by Gasteiger charge is -2.34. The van der Waals surface area contributed by atoms with Crippen LogP contribution in [0.4, 0.5) is 4.39 Å². The minimum absolute atomic E-state index is 0.0377. The van der Waals surface area contributed by atoms with E-state index in [1.54, 1.807) is 9.80 Å². The Morgan fingerprint density at radius 2 is 1.66 bits per heavy atom. The molecule has 0 saturated carbocycles. The van der Waals surface area contributed by atoms with Crippen molar-refractivity contribution in [1.82, 2.24) is 9.80 Å². The van der Waals surface area contributed by atoms with E-state index in [-0.39, 0.29) is 29.0 Å². The summed E-state index contributed by atoms with van der Waals surface area (Å²) in [6, 6.07) is 11.7. The number of halogens is 2. The molecule has 32 heavy (non-hydrogen) atoms. The fourth-order valence-electron chi connectivity index (χ4n) is 3.63. The smallest absolute Gasteiger partial charge is 0.260 e. The van der Waals surface area contributed by atoms with Gasteiger partial charge in [0.1, 0.15) is 11.6 Å². The summed E-state index contributed by atoms with van der Waals surface area (Å²) >= 11 is 9.95. The van der Waals surface area contributed by atoms with Crippen LogP contribution in [0.2, 0.25) is 5.02 Å². The van der Waals surface area contributed by atoms with E-state index in [9.17, 15) is 14.0 Å². The lowest BCUT2D eigenvalue weighted by Crippen LogP contribution is -2.51. The Morgan fingerprint density at radius 1 is 1.00 bits per heavy atom. The van der Waals surface area contributed by atoms with Crippen LogP contribution in [0.3, 0.4) is 0 Å². The maximum absolute atomic E-state index is 13.2.